The fourth-order valence-corrected chi connectivity index (χ4v) is 4.30. The topological polar surface area (TPSA) is 58.5 Å². The Bertz CT molecular complexity index is 836. The highest BCUT2D eigenvalue weighted by Gasteiger charge is 2.39. The summed E-state index contributed by atoms with van der Waals surface area (Å²) in [5, 5.41) is 7.81. The van der Waals surface area contributed by atoms with Gasteiger partial charge in [-0.25, -0.2) is 0 Å². The smallest absolute Gasteiger partial charge is 0.253 e. The predicted octanol–water partition coefficient (Wildman–Crippen LogP) is 1.98. The first-order chi connectivity index (χ1) is 13.6. The molecule has 152 valence electrons. The lowest BCUT2D eigenvalue weighted by Gasteiger charge is -2.34. The van der Waals surface area contributed by atoms with Crippen molar-refractivity contribution in [2.75, 3.05) is 33.3 Å². The molecule has 2 fully saturated rings. The number of ether oxygens (including phenoxy) is 1. The molecule has 6 nitrogen and oxygen atoms in total. The summed E-state index contributed by atoms with van der Waals surface area (Å²) in [5.41, 5.74) is 3.80. The van der Waals surface area contributed by atoms with Gasteiger partial charge in [-0.15, -0.1) is 0 Å². The molecular weight excluding hydrogens is 352 g/mol. The van der Waals surface area contributed by atoms with Crippen molar-refractivity contribution >= 4 is 16.8 Å². The number of fused-ring (bicyclic) bond motifs is 1. The Hall–Kier alpha value is -1.89. The quantitative estimate of drug-likeness (QED) is 0.766. The van der Waals surface area contributed by atoms with Gasteiger partial charge in [-0.2, -0.15) is 0 Å². The molecule has 1 aliphatic carbocycles. The summed E-state index contributed by atoms with van der Waals surface area (Å²) in [6.07, 6.45) is 5.05. The average Bonchev–Trinajstić information content (AvgIpc) is 3.51. The molecule has 1 aromatic heterocycles. The van der Waals surface area contributed by atoms with Crippen LogP contribution in [0.5, 0.6) is 0 Å². The van der Waals surface area contributed by atoms with E-state index in [4.69, 9.17) is 4.74 Å². The van der Waals surface area contributed by atoms with Crippen LogP contribution in [0.2, 0.25) is 0 Å². The van der Waals surface area contributed by atoms with Gasteiger partial charge in [0.25, 0.3) is 5.91 Å². The maximum atomic E-state index is 13.2. The second kappa shape index (κ2) is 8.23. The van der Waals surface area contributed by atoms with Crippen molar-refractivity contribution in [3.05, 3.63) is 35.5 Å². The van der Waals surface area contributed by atoms with Crippen molar-refractivity contribution in [2.45, 2.75) is 44.4 Å². The highest BCUT2D eigenvalue weighted by molar-refractivity contribution is 5.86. The molecule has 4 rings (SSSR count). The van der Waals surface area contributed by atoms with E-state index in [1.54, 1.807) is 0 Å². The molecule has 2 N–H and O–H groups in total. The maximum absolute atomic E-state index is 13.2. The number of hydrogen-bond donors (Lipinski definition) is 2. The minimum atomic E-state index is -0.358. The van der Waals surface area contributed by atoms with Gasteiger partial charge >= 0.3 is 0 Å². The summed E-state index contributed by atoms with van der Waals surface area (Å²) in [6.45, 7) is 5.15. The van der Waals surface area contributed by atoms with E-state index in [9.17, 15) is 4.79 Å². The van der Waals surface area contributed by atoms with Gasteiger partial charge in [-0.1, -0.05) is 6.07 Å². The van der Waals surface area contributed by atoms with Crippen LogP contribution in [0.15, 0.2) is 24.4 Å². The number of nitrogens with one attached hydrogen (secondary N) is 2. The summed E-state index contributed by atoms with van der Waals surface area (Å²) in [5.74, 6) is 0.130. The maximum Gasteiger partial charge on any atom is 0.253 e. The van der Waals surface area contributed by atoms with Crippen LogP contribution in [-0.2, 0) is 23.0 Å². The second-order valence-electron chi connectivity index (χ2n) is 8.11. The number of likely N-dealkylation sites (N-methyl/N-ethyl adjacent to an activating group) is 1. The van der Waals surface area contributed by atoms with Crippen molar-refractivity contribution in [1.29, 1.82) is 0 Å². The number of benzene rings is 1. The van der Waals surface area contributed by atoms with Crippen molar-refractivity contribution in [1.82, 2.24) is 20.1 Å². The summed E-state index contributed by atoms with van der Waals surface area (Å²) in [6, 6.07) is 7.05. The summed E-state index contributed by atoms with van der Waals surface area (Å²) in [7, 11) is 4.09. The number of carbonyl (C=O) groups is 1. The zero-order valence-electron chi connectivity index (χ0n) is 17.2. The minimum Gasteiger partial charge on any atom is -0.366 e. The fourth-order valence-electron chi connectivity index (χ4n) is 4.30. The molecular formula is C22H32N4O2. The molecule has 2 heterocycles. The molecule has 2 atom stereocenters. The van der Waals surface area contributed by atoms with Crippen LogP contribution in [0.4, 0.5) is 0 Å². The first-order valence-corrected chi connectivity index (χ1v) is 10.5. The van der Waals surface area contributed by atoms with E-state index in [0.29, 0.717) is 19.2 Å². The van der Waals surface area contributed by atoms with E-state index in [1.165, 1.54) is 22.0 Å². The van der Waals surface area contributed by atoms with Crippen LogP contribution in [0.1, 0.15) is 36.9 Å². The molecule has 1 aromatic carbocycles. The second-order valence-corrected chi connectivity index (χ2v) is 8.11. The highest BCUT2D eigenvalue weighted by atomic mass is 16.5. The van der Waals surface area contributed by atoms with Crippen LogP contribution in [0.3, 0.4) is 0 Å². The monoisotopic (exact) mass is 384 g/mol. The van der Waals surface area contributed by atoms with Crippen LogP contribution in [0.25, 0.3) is 10.9 Å². The van der Waals surface area contributed by atoms with Gasteiger partial charge in [0, 0.05) is 43.3 Å². The molecule has 2 aliphatic rings. The molecule has 2 aromatic rings. The molecule has 6 heteroatoms. The number of amides is 1. The van der Waals surface area contributed by atoms with Crippen LogP contribution in [-0.4, -0.2) is 60.8 Å². The molecule has 1 saturated heterocycles. The van der Waals surface area contributed by atoms with Gasteiger partial charge < -0.3 is 24.8 Å². The van der Waals surface area contributed by atoms with E-state index in [0.717, 1.165) is 32.4 Å². The Morgan fingerprint density at radius 1 is 1.43 bits per heavy atom. The Morgan fingerprint density at radius 2 is 2.25 bits per heavy atom. The van der Waals surface area contributed by atoms with E-state index >= 15 is 0 Å². The van der Waals surface area contributed by atoms with Crippen LogP contribution in [0, 0.1) is 0 Å². The summed E-state index contributed by atoms with van der Waals surface area (Å²) in [4.78, 5) is 15.3. The lowest BCUT2D eigenvalue weighted by molar-refractivity contribution is -0.148. The average molecular weight is 385 g/mol. The lowest BCUT2D eigenvalue weighted by atomic mass is 10.0. The Morgan fingerprint density at radius 3 is 2.93 bits per heavy atom. The van der Waals surface area contributed by atoms with Crippen molar-refractivity contribution in [3.63, 3.8) is 0 Å². The third kappa shape index (κ3) is 3.81. The number of morpholine rings is 1. The first-order valence-electron chi connectivity index (χ1n) is 10.5. The number of rotatable bonds is 7. The standard InChI is InChI=1S/C22H32N4O2/c1-15(26(18-5-6-18)22(27)21-13-24-10-11-28-21)16-4-7-20-19(12-16)17(8-9-23-2)14-25(20)3/h4,7,12,14-15,18,21,23-24H,5-6,8-11,13H2,1-3H3/t15-,21-/m1/s1. The van der Waals surface area contributed by atoms with Crippen molar-refractivity contribution < 1.29 is 9.53 Å². The number of aromatic nitrogens is 1. The SMILES string of the molecule is CNCCc1cn(C)c2ccc([C@@H](C)N(C(=O)[C@H]3CNCCO3)C3CC3)cc12. The van der Waals surface area contributed by atoms with Crippen molar-refractivity contribution in [3.8, 4) is 0 Å². The molecule has 1 amide bonds. The summed E-state index contributed by atoms with van der Waals surface area (Å²) < 4.78 is 7.95. The number of carbonyl (C=O) groups excluding carboxylic acids is 1. The first kappa shape index (κ1) is 19.4. The highest BCUT2D eigenvalue weighted by Crippen LogP contribution is 2.36. The Balaban J connectivity index is 1.62. The molecule has 0 spiro atoms. The predicted molar refractivity (Wildman–Crippen MR) is 111 cm³/mol. The fraction of sp³-hybridized carbons (Fsp3) is 0.591. The van der Waals surface area contributed by atoms with E-state index < -0.39 is 0 Å². The van der Waals surface area contributed by atoms with Gasteiger partial charge in [-0.05, 0) is 63.0 Å². The largest absolute Gasteiger partial charge is 0.366 e. The molecule has 0 bridgehead atoms. The molecule has 28 heavy (non-hydrogen) atoms. The van der Waals surface area contributed by atoms with Gasteiger partial charge in [0.2, 0.25) is 0 Å². The third-order valence-corrected chi connectivity index (χ3v) is 6.04. The molecule has 1 saturated carbocycles. The van der Waals surface area contributed by atoms with E-state index in [2.05, 4.69) is 58.5 Å². The van der Waals surface area contributed by atoms with Gasteiger partial charge in [0.15, 0.2) is 0 Å². The normalized spacial score (nSPS) is 21.0. The summed E-state index contributed by atoms with van der Waals surface area (Å²) >= 11 is 0. The Labute approximate surface area is 167 Å². The van der Waals surface area contributed by atoms with E-state index in [-0.39, 0.29) is 18.1 Å². The van der Waals surface area contributed by atoms with Crippen LogP contribution >= 0.6 is 0 Å². The van der Waals surface area contributed by atoms with Gasteiger partial charge in [-0.3, -0.25) is 4.79 Å². The minimum absolute atomic E-state index is 0.0484. The number of hydrogen-bond acceptors (Lipinski definition) is 4. The zero-order chi connectivity index (χ0) is 19.7. The Kier molecular flexibility index (Phi) is 5.71. The number of nitrogens with zero attached hydrogens (tertiary/aromatic N) is 2. The molecule has 0 radical (unpaired) electrons. The molecule has 0 unspecified atom stereocenters. The van der Waals surface area contributed by atoms with Gasteiger partial charge in [0.05, 0.1) is 12.6 Å². The van der Waals surface area contributed by atoms with E-state index in [1.807, 2.05) is 7.05 Å². The van der Waals surface area contributed by atoms with Gasteiger partial charge in [0.1, 0.15) is 6.10 Å². The lowest BCUT2D eigenvalue weighted by Crippen LogP contribution is -2.50. The third-order valence-electron chi connectivity index (χ3n) is 6.04. The zero-order valence-corrected chi connectivity index (χ0v) is 17.2. The van der Waals surface area contributed by atoms with Crippen LogP contribution < -0.4 is 10.6 Å². The van der Waals surface area contributed by atoms with Crippen molar-refractivity contribution in [2.24, 2.45) is 7.05 Å². The molecule has 1 aliphatic heterocycles. The number of aryl methyl sites for hydroxylation is 1.